The Morgan fingerprint density at radius 3 is 2.50 bits per heavy atom. The van der Waals surface area contributed by atoms with E-state index in [4.69, 9.17) is 4.74 Å². The smallest absolute Gasteiger partial charge is 0.147 e. The maximum absolute atomic E-state index is 10.8. The van der Waals surface area contributed by atoms with Crippen LogP contribution in [0.3, 0.4) is 0 Å². The Kier molecular flexibility index (Phi) is 5.21. The van der Waals surface area contributed by atoms with Crippen LogP contribution in [0.4, 0.5) is 0 Å². The van der Waals surface area contributed by atoms with Gasteiger partial charge in [-0.25, -0.2) is 0 Å². The lowest BCUT2D eigenvalue weighted by molar-refractivity contribution is 0.0920. The Morgan fingerprint density at radius 1 is 0.971 bits per heavy atom. The third-order valence-corrected chi connectivity index (χ3v) is 7.37. The van der Waals surface area contributed by atoms with E-state index < -0.39 is 0 Å². The molecule has 2 aliphatic rings. The zero-order valence-corrected chi connectivity index (χ0v) is 19.6. The van der Waals surface area contributed by atoms with Crippen molar-refractivity contribution in [2.75, 3.05) is 20.2 Å². The predicted molar refractivity (Wildman–Crippen MR) is 132 cm³/mol. The van der Waals surface area contributed by atoms with Crippen LogP contribution < -0.4 is 4.74 Å². The number of aromatic hydroxyl groups is 1. The summed E-state index contributed by atoms with van der Waals surface area (Å²) in [7, 11) is 3.54. The van der Waals surface area contributed by atoms with Crippen LogP contribution >= 0.6 is 0 Å². The van der Waals surface area contributed by atoms with E-state index in [0.29, 0.717) is 22.9 Å². The summed E-state index contributed by atoms with van der Waals surface area (Å²) in [6.07, 6.45) is 7.38. The average molecular weight is 456 g/mol. The highest BCUT2D eigenvalue weighted by Crippen LogP contribution is 2.37. The van der Waals surface area contributed by atoms with Crippen molar-refractivity contribution in [1.82, 2.24) is 24.9 Å². The number of methoxy groups -OCH3 is 1. The van der Waals surface area contributed by atoms with Crippen LogP contribution in [-0.4, -0.2) is 56.2 Å². The van der Waals surface area contributed by atoms with E-state index in [-0.39, 0.29) is 5.75 Å². The Hall–Kier alpha value is -3.45. The van der Waals surface area contributed by atoms with Gasteiger partial charge >= 0.3 is 0 Å². The van der Waals surface area contributed by atoms with Crippen LogP contribution in [0.1, 0.15) is 37.3 Å². The summed E-state index contributed by atoms with van der Waals surface area (Å²) in [4.78, 5) is 2.59. The molecule has 0 radical (unpaired) electrons. The predicted octanol–water partition coefficient (Wildman–Crippen LogP) is 4.75. The van der Waals surface area contributed by atoms with E-state index in [1.807, 2.05) is 37.5 Å². The zero-order valence-electron chi connectivity index (χ0n) is 19.6. The standard InChI is InChI=1S/C27H29N5O2/c1-31-14-19-11-18(13-26(34-2)27(19)30-31)17-7-8-22(25(33)12-17)24-10-9-23(28-29-24)20-15-32(16-20)21-5-3-4-6-21/h7-14,20-21,33H,3-6,15-16H2,1-2H3. The summed E-state index contributed by atoms with van der Waals surface area (Å²) in [5.74, 6) is 1.36. The summed E-state index contributed by atoms with van der Waals surface area (Å²) >= 11 is 0. The lowest BCUT2D eigenvalue weighted by atomic mass is 9.93. The monoisotopic (exact) mass is 455 g/mol. The number of aryl methyl sites for hydroxylation is 1. The molecule has 1 saturated carbocycles. The van der Waals surface area contributed by atoms with E-state index in [0.717, 1.165) is 46.9 Å². The molecule has 2 aromatic carbocycles. The molecular weight excluding hydrogens is 426 g/mol. The molecule has 34 heavy (non-hydrogen) atoms. The molecule has 2 fully saturated rings. The molecule has 0 atom stereocenters. The maximum Gasteiger partial charge on any atom is 0.147 e. The first kappa shape index (κ1) is 21.1. The number of ether oxygens (including phenoxy) is 1. The lowest BCUT2D eigenvalue weighted by Gasteiger charge is -2.42. The Morgan fingerprint density at radius 2 is 1.79 bits per heavy atom. The van der Waals surface area contributed by atoms with E-state index in [2.05, 4.69) is 32.3 Å². The molecule has 0 unspecified atom stereocenters. The molecule has 7 nitrogen and oxygen atoms in total. The minimum absolute atomic E-state index is 0.181. The van der Waals surface area contributed by atoms with Crippen molar-refractivity contribution in [2.24, 2.45) is 7.05 Å². The van der Waals surface area contributed by atoms with Gasteiger partial charge in [-0.1, -0.05) is 18.9 Å². The fourth-order valence-electron chi connectivity index (χ4n) is 5.44. The summed E-state index contributed by atoms with van der Waals surface area (Å²) in [5.41, 5.74) is 5.08. The summed E-state index contributed by atoms with van der Waals surface area (Å²) in [6, 6.07) is 14.5. The van der Waals surface area contributed by atoms with Crippen LogP contribution in [0.2, 0.25) is 0 Å². The molecule has 0 bridgehead atoms. The molecule has 4 aromatic rings. The van der Waals surface area contributed by atoms with Gasteiger partial charge in [0.15, 0.2) is 0 Å². The topological polar surface area (TPSA) is 76.3 Å². The minimum atomic E-state index is 0.181. The van der Waals surface area contributed by atoms with Crippen molar-refractivity contribution in [3.05, 3.63) is 54.4 Å². The average Bonchev–Trinajstić information content (AvgIpc) is 3.47. The molecule has 1 N–H and O–H groups in total. The quantitative estimate of drug-likeness (QED) is 0.468. The second kappa shape index (κ2) is 8.40. The molecule has 1 saturated heterocycles. The Labute approximate surface area is 199 Å². The molecular formula is C27H29N5O2. The minimum Gasteiger partial charge on any atom is -0.507 e. The molecule has 7 heteroatoms. The molecule has 174 valence electrons. The van der Waals surface area contributed by atoms with E-state index >= 15 is 0 Å². The first-order valence-corrected chi connectivity index (χ1v) is 12.0. The molecule has 0 spiro atoms. The summed E-state index contributed by atoms with van der Waals surface area (Å²) < 4.78 is 7.32. The third-order valence-electron chi connectivity index (χ3n) is 7.37. The van der Waals surface area contributed by atoms with E-state index in [1.165, 1.54) is 25.7 Å². The highest BCUT2D eigenvalue weighted by molar-refractivity contribution is 5.90. The van der Waals surface area contributed by atoms with Crippen molar-refractivity contribution < 1.29 is 9.84 Å². The molecule has 1 aliphatic carbocycles. The van der Waals surface area contributed by atoms with Crippen molar-refractivity contribution in [2.45, 2.75) is 37.6 Å². The third kappa shape index (κ3) is 3.70. The summed E-state index contributed by atoms with van der Waals surface area (Å²) in [6.45, 7) is 2.17. The number of phenols is 1. The second-order valence-corrected chi connectivity index (χ2v) is 9.58. The first-order valence-electron chi connectivity index (χ1n) is 12.0. The highest BCUT2D eigenvalue weighted by atomic mass is 16.5. The molecule has 6 rings (SSSR count). The van der Waals surface area contributed by atoms with Crippen LogP contribution in [0.15, 0.2) is 48.7 Å². The van der Waals surface area contributed by atoms with Gasteiger partial charge in [0.25, 0.3) is 0 Å². The Balaban J connectivity index is 1.21. The van der Waals surface area contributed by atoms with Gasteiger partial charge in [0.2, 0.25) is 0 Å². The van der Waals surface area contributed by atoms with Gasteiger partial charge in [-0.3, -0.25) is 9.58 Å². The normalized spacial score (nSPS) is 17.4. The fourth-order valence-corrected chi connectivity index (χ4v) is 5.44. The first-order chi connectivity index (χ1) is 16.6. The van der Waals surface area contributed by atoms with Crippen LogP contribution in [-0.2, 0) is 7.05 Å². The van der Waals surface area contributed by atoms with E-state index in [9.17, 15) is 5.11 Å². The van der Waals surface area contributed by atoms with Crippen LogP contribution in [0.5, 0.6) is 11.5 Å². The van der Waals surface area contributed by atoms with Gasteiger partial charge in [-0.15, -0.1) is 0 Å². The number of hydrogen-bond acceptors (Lipinski definition) is 6. The van der Waals surface area contributed by atoms with Crippen molar-refractivity contribution in [3.8, 4) is 33.9 Å². The fraction of sp³-hybridized carbons (Fsp3) is 0.370. The summed E-state index contributed by atoms with van der Waals surface area (Å²) in [5, 5.41) is 25.2. The van der Waals surface area contributed by atoms with Crippen molar-refractivity contribution in [1.29, 1.82) is 0 Å². The molecule has 2 aromatic heterocycles. The number of hydrogen-bond donors (Lipinski definition) is 1. The largest absolute Gasteiger partial charge is 0.507 e. The number of phenolic OH excluding ortho intramolecular Hbond substituents is 1. The van der Waals surface area contributed by atoms with Crippen LogP contribution in [0.25, 0.3) is 33.3 Å². The molecule has 1 aliphatic heterocycles. The zero-order chi connectivity index (χ0) is 23.2. The molecule has 3 heterocycles. The lowest BCUT2D eigenvalue weighted by Crippen LogP contribution is -2.50. The van der Waals surface area contributed by atoms with Gasteiger partial charge in [0, 0.05) is 49.2 Å². The number of rotatable bonds is 5. The van der Waals surface area contributed by atoms with Gasteiger partial charge in [-0.2, -0.15) is 15.3 Å². The second-order valence-electron chi connectivity index (χ2n) is 9.58. The van der Waals surface area contributed by atoms with E-state index in [1.54, 1.807) is 17.9 Å². The van der Waals surface area contributed by atoms with Gasteiger partial charge in [0.1, 0.15) is 17.0 Å². The number of likely N-dealkylation sites (tertiary alicyclic amines) is 1. The number of aromatic nitrogens is 4. The highest BCUT2D eigenvalue weighted by Gasteiger charge is 2.35. The maximum atomic E-state index is 10.8. The SMILES string of the molecule is COc1cc(-c2ccc(-c3ccc(C4CN(C5CCCC5)C4)nn3)c(O)c2)cc2cn(C)nc12. The number of nitrogens with zero attached hydrogens (tertiary/aromatic N) is 5. The van der Waals surface area contributed by atoms with Crippen LogP contribution in [0, 0.1) is 0 Å². The van der Waals surface area contributed by atoms with Crippen molar-refractivity contribution >= 4 is 10.9 Å². The van der Waals surface area contributed by atoms with Crippen molar-refractivity contribution in [3.63, 3.8) is 0 Å². The van der Waals surface area contributed by atoms with Gasteiger partial charge in [0.05, 0.1) is 18.5 Å². The van der Waals surface area contributed by atoms with Gasteiger partial charge < -0.3 is 9.84 Å². The number of benzene rings is 2. The number of fused-ring (bicyclic) bond motifs is 1. The molecule has 0 amide bonds. The van der Waals surface area contributed by atoms with Gasteiger partial charge in [-0.05, 0) is 60.4 Å². The Bertz CT molecular complexity index is 1340.